The Morgan fingerprint density at radius 2 is 1.71 bits per heavy atom. The first-order valence-electron chi connectivity index (χ1n) is 11.6. The standard InChI is InChI=1S/C22H22N2O2.C5H12.C2H4O/c1-15-19(11-12-25)20-13-18(9-10-22(20)24(15)2)26-14-17-8-7-16-5-3-4-6-21(16)23-17;1-5(2,3)4;1-2-3/h3-10,13,25H,11-12,14H2,1-2H3;1-4H3;2H,1H3. The van der Waals surface area contributed by atoms with Crippen LogP contribution in [0.5, 0.6) is 5.75 Å². The van der Waals surface area contributed by atoms with Gasteiger partial charge in [0.05, 0.1) is 11.2 Å². The highest BCUT2D eigenvalue weighted by Crippen LogP contribution is 2.29. The number of aliphatic hydroxyl groups excluding tert-OH is 1. The third kappa shape index (κ3) is 7.70. The minimum absolute atomic E-state index is 0.145. The maximum Gasteiger partial charge on any atom is 0.130 e. The van der Waals surface area contributed by atoms with E-state index in [2.05, 4.69) is 75.5 Å². The fourth-order valence-corrected chi connectivity index (χ4v) is 3.49. The molecule has 2 heterocycles. The van der Waals surface area contributed by atoms with Crippen LogP contribution in [0.2, 0.25) is 0 Å². The summed E-state index contributed by atoms with van der Waals surface area (Å²) >= 11 is 0. The summed E-state index contributed by atoms with van der Waals surface area (Å²) in [6, 6.07) is 18.3. The number of fused-ring (bicyclic) bond motifs is 2. The Hall–Kier alpha value is -3.18. The molecule has 0 spiro atoms. The van der Waals surface area contributed by atoms with Crippen molar-refractivity contribution in [2.24, 2.45) is 12.5 Å². The Morgan fingerprint density at radius 3 is 2.35 bits per heavy atom. The first kappa shape index (κ1) is 27.1. The molecule has 4 rings (SSSR count). The predicted octanol–water partition coefficient (Wildman–Crippen LogP) is 6.41. The van der Waals surface area contributed by atoms with E-state index >= 15 is 0 Å². The number of hydrogen-bond donors (Lipinski definition) is 1. The van der Waals surface area contributed by atoms with Gasteiger partial charge in [0.15, 0.2) is 0 Å². The highest BCUT2D eigenvalue weighted by Gasteiger charge is 2.12. The van der Waals surface area contributed by atoms with Crippen molar-refractivity contribution < 1.29 is 14.6 Å². The summed E-state index contributed by atoms with van der Waals surface area (Å²) in [5, 5.41) is 11.6. The lowest BCUT2D eigenvalue weighted by Gasteiger charge is -2.08. The van der Waals surface area contributed by atoms with Crippen molar-refractivity contribution in [3.63, 3.8) is 0 Å². The van der Waals surface area contributed by atoms with Gasteiger partial charge < -0.3 is 19.2 Å². The molecular formula is C29H38N2O3. The molecule has 182 valence electrons. The van der Waals surface area contributed by atoms with Crippen molar-refractivity contribution in [2.75, 3.05) is 6.61 Å². The molecular weight excluding hydrogens is 424 g/mol. The van der Waals surface area contributed by atoms with Crippen LogP contribution in [-0.4, -0.2) is 27.6 Å². The summed E-state index contributed by atoms with van der Waals surface area (Å²) in [4.78, 5) is 13.5. The number of rotatable bonds is 5. The van der Waals surface area contributed by atoms with E-state index in [4.69, 9.17) is 9.53 Å². The molecule has 0 unspecified atom stereocenters. The molecule has 0 aliphatic carbocycles. The van der Waals surface area contributed by atoms with Gasteiger partial charge in [-0.15, -0.1) is 0 Å². The van der Waals surface area contributed by atoms with Crippen molar-refractivity contribution in [1.29, 1.82) is 0 Å². The first-order chi connectivity index (χ1) is 16.1. The zero-order valence-electron chi connectivity index (χ0n) is 21.6. The van der Waals surface area contributed by atoms with Gasteiger partial charge >= 0.3 is 0 Å². The number of pyridine rings is 1. The van der Waals surface area contributed by atoms with E-state index in [0.717, 1.165) is 39.5 Å². The van der Waals surface area contributed by atoms with Crippen LogP contribution in [0, 0.1) is 12.3 Å². The van der Waals surface area contributed by atoms with Crippen LogP contribution in [0.3, 0.4) is 0 Å². The maximum atomic E-state index is 9.37. The van der Waals surface area contributed by atoms with Crippen LogP contribution in [-0.2, 0) is 24.9 Å². The summed E-state index contributed by atoms with van der Waals surface area (Å²) in [6.45, 7) is 12.9. The lowest BCUT2D eigenvalue weighted by atomic mass is 10.0. The number of nitrogens with zero attached hydrogens (tertiary/aromatic N) is 2. The number of aromatic nitrogens is 2. The molecule has 0 amide bonds. The fourth-order valence-electron chi connectivity index (χ4n) is 3.49. The van der Waals surface area contributed by atoms with Gasteiger partial charge in [0.25, 0.3) is 0 Å². The van der Waals surface area contributed by atoms with Gasteiger partial charge in [-0.05, 0) is 61.6 Å². The average molecular weight is 463 g/mol. The second kappa shape index (κ2) is 12.3. The van der Waals surface area contributed by atoms with E-state index in [9.17, 15) is 5.11 Å². The van der Waals surface area contributed by atoms with Gasteiger partial charge in [-0.2, -0.15) is 0 Å². The molecule has 0 fully saturated rings. The number of para-hydroxylation sites is 1. The number of carbonyl (C=O) groups is 1. The van der Waals surface area contributed by atoms with Crippen molar-refractivity contribution in [3.05, 3.63) is 71.5 Å². The van der Waals surface area contributed by atoms with E-state index in [0.29, 0.717) is 18.4 Å². The number of hydrogen-bond acceptors (Lipinski definition) is 4. The molecule has 0 aliphatic rings. The predicted molar refractivity (Wildman–Crippen MR) is 141 cm³/mol. The van der Waals surface area contributed by atoms with E-state index in [1.807, 2.05) is 30.3 Å². The van der Waals surface area contributed by atoms with E-state index in [1.54, 1.807) is 0 Å². The van der Waals surface area contributed by atoms with Gasteiger partial charge in [-0.1, -0.05) is 52.0 Å². The van der Waals surface area contributed by atoms with Gasteiger partial charge in [0.2, 0.25) is 0 Å². The molecule has 2 aromatic heterocycles. The summed E-state index contributed by atoms with van der Waals surface area (Å²) < 4.78 is 8.16. The molecule has 5 heteroatoms. The van der Waals surface area contributed by atoms with Gasteiger partial charge in [-0.3, -0.25) is 0 Å². The van der Waals surface area contributed by atoms with Crippen LogP contribution in [0.25, 0.3) is 21.8 Å². The number of carbonyl (C=O) groups excluding carboxylic acids is 1. The molecule has 4 aromatic rings. The Labute approximate surface area is 203 Å². The summed E-state index contributed by atoms with van der Waals surface area (Å²) in [5.74, 6) is 0.817. The Morgan fingerprint density at radius 1 is 1.06 bits per heavy atom. The van der Waals surface area contributed by atoms with Crippen LogP contribution < -0.4 is 4.74 Å². The quantitative estimate of drug-likeness (QED) is 0.348. The SMILES string of the molecule is CC(C)(C)C.CC=O.Cc1c(CCO)c2cc(OCc3ccc4ccccc4n3)ccc2n1C. The molecule has 5 nitrogen and oxygen atoms in total. The molecule has 2 aromatic carbocycles. The van der Waals surface area contributed by atoms with Gasteiger partial charge in [0, 0.05) is 35.6 Å². The molecule has 1 N–H and O–H groups in total. The van der Waals surface area contributed by atoms with Crippen molar-refractivity contribution in [1.82, 2.24) is 9.55 Å². The monoisotopic (exact) mass is 462 g/mol. The largest absolute Gasteiger partial charge is 0.487 e. The van der Waals surface area contributed by atoms with Gasteiger partial charge in [0.1, 0.15) is 18.6 Å². The van der Waals surface area contributed by atoms with Crippen molar-refractivity contribution >= 4 is 28.1 Å². The lowest BCUT2D eigenvalue weighted by molar-refractivity contribution is -0.106. The first-order valence-corrected chi connectivity index (χ1v) is 11.6. The number of ether oxygens (including phenoxy) is 1. The van der Waals surface area contributed by atoms with Crippen LogP contribution in [0.4, 0.5) is 0 Å². The minimum atomic E-state index is 0.145. The van der Waals surface area contributed by atoms with Crippen molar-refractivity contribution in [2.45, 2.75) is 54.6 Å². The highest BCUT2D eigenvalue weighted by atomic mass is 16.5. The van der Waals surface area contributed by atoms with E-state index in [-0.39, 0.29) is 6.61 Å². The second-order valence-corrected chi connectivity index (χ2v) is 9.80. The highest BCUT2D eigenvalue weighted by molar-refractivity contribution is 5.87. The zero-order valence-corrected chi connectivity index (χ0v) is 21.6. The smallest absolute Gasteiger partial charge is 0.130 e. The Bertz CT molecular complexity index is 1210. The Kier molecular flexibility index (Phi) is 9.82. The molecule has 0 aliphatic heterocycles. The molecule has 0 saturated carbocycles. The molecule has 0 saturated heterocycles. The average Bonchev–Trinajstić information content (AvgIpc) is 3.02. The summed E-state index contributed by atoms with van der Waals surface area (Å²) in [7, 11) is 2.05. The molecule has 34 heavy (non-hydrogen) atoms. The lowest BCUT2D eigenvalue weighted by Crippen LogP contribution is -1.98. The third-order valence-corrected chi connectivity index (χ3v) is 5.00. The number of aldehydes is 1. The number of aliphatic hydroxyl groups is 1. The zero-order chi connectivity index (χ0) is 25.3. The molecule has 0 bridgehead atoms. The van der Waals surface area contributed by atoms with Gasteiger partial charge in [-0.25, -0.2) is 4.98 Å². The van der Waals surface area contributed by atoms with Crippen LogP contribution in [0.1, 0.15) is 51.6 Å². The van der Waals surface area contributed by atoms with Crippen molar-refractivity contribution in [3.8, 4) is 5.75 Å². The minimum Gasteiger partial charge on any atom is -0.487 e. The van der Waals surface area contributed by atoms with E-state index < -0.39 is 0 Å². The number of aryl methyl sites for hydroxylation is 1. The van der Waals surface area contributed by atoms with Crippen LogP contribution >= 0.6 is 0 Å². The van der Waals surface area contributed by atoms with E-state index in [1.165, 1.54) is 18.2 Å². The molecule has 0 atom stereocenters. The maximum absolute atomic E-state index is 9.37. The topological polar surface area (TPSA) is 64.3 Å². The third-order valence-electron chi connectivity index (χ3n) is 5.00. The molecule has 0 radical (unpaired) electrons. The van der Waals surface area contributed by atoms with Crippen LogP contribution in [0.15, 0.2) is 54.6 Å². The summed E-state index contributed by atoms with van der Waals surface area (Å²) in [6.07, 6.45) is 1.40. The Balaban J connectivity index is 0.000000447. The second-order valence-electron chi connectivity index (χ2n) is 9.80. The fraction of sp³-hybridized carbons (Fsp3) is 0.379. The normalized spacial score (nSPS) is 10.8. The number of benzene rings is 2. The summed E-state index contributed by atoms with van der Waals surface area (Å²) in [5.41, 5.74) is 5.90.